The average molecular weight is 613 g/mol. The average Bonchev–Trinajstić information content (AvgIpc) is 3.03. The summed E-state index contributed by atoms with van der Waals surface area (Å²) in [6.45, 7) is 6.99. The molecule has 10 heteroatoms. The van der Waals surface area contributed by atoms with Gasteiger partial charge in [0.05, 0.1) is 37.2 Å². The summed E-state index contributed by atoms with van der Waals surface area (Å²) >= 11 is 6.62. The quantitative estimate of drug-likeness (QED) is 0.214. The molecular formula is C34H37ClN6O3. The van der Waals surface area contributed by atoms with Crippen LogP contribution >= 0.6 is 11.6 Å². The van der Waals surface area contributed by atoms with Gasteiger partial charge in [0.2, 0.25) is 0 Å². The Kier molecular flexibility index (Phi) is 8.68. The molecule has 1 saturated heterocycles. The highest BCUT2D eigenvalue weighted by Crippen LogP contribution is 2.39. The number of amides is 2. The molecule has 0 saturated carbocycles. The lowest BCUT2D eigenvalue weighted by atomic mass is 9.88. The second-order valence-corrected chi connectivity index (χ2v) is 11.8. The van der Waals surface area contributed by atoms with Crippen LogP contribution in [-0.4, -0.2) is 59.7 Å². The molecule has 0 radical (unpaired) electrons. The lowest BCUT2D eigenvalue weighted by molar-refractivity contribution is 0.252. The third kappa shape index (κ3) is 5.94. The number of nitrogens with zero attached hydrogens (tertiary/aromatic N) is 6. The molecule has 1 fully saturated rings. The molecule has 2 amide bonds. The van der Waals surface area contributed by atoms with Crippen LogP contribution in [0.3, 0.4) is 0 Å². The van der Waals surface area contributed by atoms with Gasteiger partial charge in [0.1, 0.15) is 23.1 Å². The van der Waals surface area contributed by atoms with Gasteiger partial charge in [-0.3, -0.25) is 4.90 Å². The standard InChI is InChI=1S/C34H37ClN6O3/c1-5-44-29-17-24(23-13-15-39(3)16-14-23)9-10-25(29)18-30-36-19-26-21-40(32-22(2)7-6-8-28(32)35)34(42)41(33(26)38-30)31-12-11-27(43-4)20-37-31/h6-12,17,19-20,23H,5,13-16,18,21H2,1-4H3. The van der Waals surface area contributed by atoms with E-state index in [4.69, 9.17) is 31.0 Å². The monoisotopic (exact) mass is 612 g/mol. The first-order chi connectivity index (χ1) is 21.4. The van der Waals surface area contributed by atoms with Crippen molar-refractivity contribution < 1.29 is 14.3 Å². The summed E-state index contributed by atoms with van der Waals surface area (Å²) in [6, 6.07) is 15.4. The minimum absolute atomic E-state index is 0.279. The zero-order chi connectivity index (χ0) is 30.8. The minimum atomic E-state index is -0.298. The Morgan fingerprint density at radius 2 is 1.86 bits per heavy atom. The number of hydrogen-bond acceptors (Lipinski definition) is 7. The number of fused-ring (bicyclic) bond motifs is 1. The molecule has 0 N–H and O–H groups in total. The van der Waals surface area contributed by atoms with Crippen molar-refractivity contribution in [2.24, 2.45) is 0 Å². The van der Waals surface area contributed by atoms with E-state index >= 15 is 0 Å². The molecule has 2 aromatic carbocycles. The van der Waals surface area contributed by atoms with Gasteiger partial charge >= 0.3 is 6.03 Å². The molecule has 0 unspecified atom stereocenters. The first kappa shape index (κ1) is 29.8. The number of aromatic nitrogens is 3. The summed E-state index contributed by atoms with van der Waals surface area (Å²) in [6.07, 6.45) is 6.13. The SMILES string of the molecule is CCOc1cc(C2CCN(C)CC2)ccc1Cc1ncc2c(n1)N(c1ccc(OC)cn1)C(=O)N(c1c(C)cccc1Cl)C2. The number of carbonyl (C=O) groups is 1. The van der Waals surface area contributed by atoms with Crippen molar-refractivity contribution in [3.63, 3.8) is 0 Å². The van der Waals surface area contributed by atoms with Crippen molar-refractivity contribution in [1.82, 2.24) is 19.9 Å². The number of likely N-dealkylation sites (tertiary alicyclic amines) is 1. The van der Waals surface area contributed by atoms with Crippen molar-refractivity contribution in [1.29, 1.82) is 0 Å². The van der Waals surface area contributed by atoms with E-state index in [2.05, 4.69) is 35.1 Å². The summed E-state index contributed by atoms with van der Waals surface area (Å²) in [5, 5.41) is 0.495. The highest BCUT2D eigenvalue weighted by Gasteiger charge is 2.36. The smallest absolute Gasteiger partial charge is 0.336 e. The molecular weight excluding hydrogens is 576 g/mol. The summed E-state index contributed by atoms with van der Waals surface area (Å²) in [7, 11) is 3.76. The largest absolute Gasteiger partial charge is 0.495 e. The van der Waals surface area contributed by atoms with E-state index in [9.17, 15) is 4.79 Å². The molecule has 44 heavy (non-hydrogen) atoms. The van der Waals surface area contributed by atoms with Gasteiger partial charge in [-0.1, -0.05) is 35.9 Å². The Morgan fingerprint density at radius 1 is 1.05 bits per heavy atom. The highest BCUT2D eigenvalue weighted by molar-refractivity contribution is 6.34. The molecule has 4 aromatic rings. The Hall–Kier alpha value is -4.21. The van der Waals surface area contributed by atoms with Gasteiger partial charge in [-0.05, 0) is 88.1 Å². The molecule has 0 spiro atoms. The number of hydrogen-bond donors (Lipinski definition) is 0. The molecule has 4 heterocycles. The number of carbonyl (C=O) groups excluding carboxylic acids is 1. The summed E-state index contributed by atoms with van der Waals surface area (Å²) < 4.78 is 11.4. The lowest BCUT2D eigenvalue weighted by Gasteiger charge is -2.36. The molecule has 228 valence electrons. The number of rotatable bonds is 8. The van der Waals surface area contributed by atoms with Crippen LogP contribution in [0, 0.1) is 6.92 Å². The van der Waals surface area contributed by atoms with Gasteiger partial charge < -0.3 is 14.4 Å². The van der Waals surface area contributed by atoms with Gasteiger partial charge in [-0.25, -0.2) is 24.6 Å². The molecule has 2 aromatic heterocycles. The van der Waals surface area contributed by atoms with E-state index < -0.39 is 0 Å². The fourth-order valence-corrected chi connectivity index (χ4v) is 6.34. The third-order valence-corrected chi connectivity index (χ3v) is 8.73. The first-order valence-electron chi connectivity index (χ1n) is 15.0. The topological polar surface area (TPSA) is 83.9 Å². The lowest BCUT2D eigenvalue weighted by Crippen LogP contribution is -2.46. The zero-order valence-electron chi connectivity index (χ0n) is 25.6. The van der Waals surface area contributed by atoms with Crippen LogP contribution in [0.2, 0.25) is 5.02 Å². The minimum Gasteiger partial charge on any atom is -0.495 e. The molecule has 0 bridgehead atoms. The van der Waals surface area contributed by atoms with Crippen molar-refractivity contribution in [3.8, 4) is 11.5 Å². The number of urea groups is 1. The van der Waals surface area contributed by atoms with E-state index in [1.807, 2.05) is 26.0 Å². The van der Waals surface area contributed by atoms with E-state index in [0.29, 0.717) is 52.9 Å². The van der Waals surface area contributed by atoms with Crippen molar-refractivity contribution >= 4 is 35.0 Å². The van der Waals surface area contributed by atoms with Crippen LogP contribution in [-0.2, 0) is 13.0 Å². The maximum absolute atomic E-state index is 14.2. The van der Waals surface area contributed by atoms with E-state index in [1.165, 1.54) is 10.5 Å². The van der Waals surface area contributed by atoms with Crippen LogP contribution < -0.4 is 19.3 Å². The number of aryl methyl sites for hydroxylation is 1. The predicted molar refractivity (Wildman–Crippen MR) is 173 cm³/mol. The number of halogens is 1. The Bertz CT molecular complexity index is 1640. The summed E-state index contributed by atoms with van der Waals surface area (Å²) in [5.74, 6) is 3.49. The van der Waals surface area contributed by atoms with E-state index in [0.717, 1.165) is 48.4 Å². The fourth-order valence-electron chi connectivity index (χ4n) is 6.02. The number of para-hydroxylation sites is 1. The van der Waals surface area contributed by atoms with Crippen molar-refractivity contribution in [2.45, 2.75) is 45.6 Å². The van der Waals surface area contributed by atoms with Crippen LogP contribution in [0.1, 0.15) is 53.8 Å². The van der Waals surface area contributed by atoms with Crippen molar-refractivity contribution in [3.05, 3.63) is 94.0 Å². The van der Waals surface area contributed by atoms with E-state index in [1.54, 1.807) is 42.6 Å². The molecule has 2 aliphatic heterocycles. The van der Waals surface area contributed by atoms with Gasteiger partial charge in [0, 0.05) is 23.7 Å². The van der Waals surface area contributed by atoms with E-state index in [-0.39, 0.29) is 12.6 Å². The molecule has 0 aliphatic carbocycles. The number of benzene rings is 2. The maximum atomic E-state index is 14.2. The maximum Gasteiger partial charge on any atom is 0.336 e. The molecule has 9 nitrogen and oxygen atoms in total. The van der Waals surface area contributed by atoms with Gasteiger partial charge in [-0.2, -0.15) is 0 Å². The van der Waals surface area contributed by atoms with Crippen LogP contribution in [0.5, 0.6) is 11.5 Å². The van der Waals surface area contributed by atoms with Crippen LogP contribution in [0.4, 0.5) is 22.1 Å². The second kappa shape index (κ2) is 12.8. The Labute approximate surface area is 263 Å². The zero-order valence-corrected chi connectivity index (χ0v) is 26.3. The summed E-state index contributed by atoms with van der Waals surface area (Å²) in [4.78, 5) is 34.0. The van der Waals surface area contributed by atoms with Gasteiger partial charge in [0.25, 0.3) is 0 Å². The first-order valence-corrected chi connectivity index (χ1v) is 15.4. The summed E-state index contributed by atoms with van der Waals surface area (Å²) in [5.41, 5.74) is 4.65. The predicted octanol–water partition coefficient (Wildman–Crippen LogP) is 6.92. The second-order valence-electron chi connectivity index (χ2n) is 11.4. The number of ether oxygens (including phenoxy) is 2. The number of anilines is 3. The van der Waals surface area contributed by atoms with Crippen molar-refractivity contribution in [2.75, 3.05) is 43.7 Å². The highest BCUT2D eigenvalue weighted by atomic mass is 35.5. The van der Waals surface area contributed by atoms with Gasteiger partial charge in [-0.15, -0.1) is 0 Å². The van der Waals surface area contributed by atoms with Crippen LogP contribution in [0.25, 0.3) is 0 Å². The number of piperidine rings is 1. The fraction of sp³-hybridized carbons (Fsp3) is 0.353. The Morgan fingerprint density at radius 3 is 2.57 bits per heavy atom. The molecule has 2 aliphatic rings. The molecule has 6 rings (SSSR count). The number of pyridine rings is 1. The third-order valence-electron chi connectivity index (χ3n) is 8.43. The molecule has 0 atom stereocenters. The van der Waals surface area contributed by atoms with Crippen LogP contribution in [0.15, 0.2) is 60.9 Å². The Balaban J connectivity index is 1.36. The van der Waals surface area contributed by atoms with Gasteiger partial charge in [0.15, 0.2) is 5.82 Å². The number of methoxy groups -OCH3 is 1. The normalized spacial score (nSPS) is 15.8.